The fourth-order valence-corrected chi connectivity index (χ4v) is 4.23. The summed E-state index contributed by atoms with van der Waals surface area (Å²) in [5, 5.41) is 23.6. The second kappa shape index (κ2) is 9.97. The molecule has 1 fully saturated rings. The van der Waals surface area contributed by atoms with E-state index in [2.05, 4.69) is 10.3 Å². The highest BCUT2D eigenvalue weighted by Gasteiger charge is 2.38. The Balaban J connectivity index is 1.37. The molecule has 4 rings (SSSR count). The van der Waals surface area contributed by atoms with Gasteiger partial charge in [-0.2, -0.15) is 0 Å². The summed E-state index contributed by atoms with van der Waals surface area (Å²) in [6.45, 7) is 2.25. The van der Waals surface area contributed by atoms with Crippen LogP contribution in [0.25, 0.3) is 5.69 Å². The monoisotopic (exact) mass is 448 g/mol. The molecule has 1 aliphatic heterocycles. The molecule has 0 saturated carbocycles. The third kappa shape index (κ3) is 4.97. The quantitative estimate of drug-likeness (QED) is 0.513. The number of hydrogen-bond donors (Lipinski definition) is 3. The topological polar surface area (TPSA) is 108 Å². The molecular formula is C25H28N4O4. The molecule has 1 saturated heterocycles. The third-order valence-electron chi connectivity index (χ3n) is 6.10. The minimum Gasteiger partial charge on any atom is -0.380 e. The van der Waals surface area contributed by atoms with E-state index in [1.807, 2.05) is 65.4 Å². The van der Waals surface area contributed by atoms with Crippen LogP contribution in [0.4, 0.5) is 0 Å². The first-order chi connectivity index (χ1) is 16.0. The number of hydrogen-bond acceptors (Lipinski definition) is 5. The molecule has 1 aromatic heterocycles. The maximum atomic E-state index is 12.9. The van der Waals surface area contributed by atoms with Crippen molar-refractivity contribution < 1.29 is 19.8 Å². The number of likely N-dealkylation sites (tertiary alicyclic amines) is 1. The summed E-state index contributed by atoms with van der Waals surface area (Å²) in [6.07, 6.45) is 3.10. The smallest absolute Gasteiger partial charge is 0.255 e. The summed E-state index contributed by atoms with van der Waals surface area (Å²) in [5.41, 5.74) is 2.72. The van der Waals surface area contributed by atoms with E-state index >= 15 is 0 Å². The molecule has 3 N–H and O–H groups in total. The molecule has 2 aromatic carbocycles. The number of aliphatic hydroxyl groups excluding tert-OH is 2. The lowest BCUT2D eigenvalue weighted by Crippen LogP contribution is -2.50. The number of nitrogens with one attached hydrogen (secondary N) is 1. The number of carbonyl (C=O) groups excluding carboxylic acids is 2. The Hall–Kier alpha value is -3.49. The van der Waals surface area contributed by atoms with Crippen molar-refractivity contribution in [1.82, 2.24) is 19.8 Å². The first-order valence-corrected chi connectivity index (χ1v) is 11.1. The maximum absolute atomic E-state index is 12.9. The van der Waals surface area contributed by atoms with Crippen LogP contribution < -0.4 is 5.32 Å². The fourth-order valence-electron chi connectivity index (χ4n) is 4.23. The number of nitrogens with zero attached hydrogens (tertiary/aromatic N) is 3. The number of benzene rings is 2. The van der Waals surface area contributed by atoms with Crippen LogP contribution in [0.5, 0.6) is 0 Å². The van der Waals surface area contributed by atoms with Gasteiger partial charge < -0.3 is 25.0 Å². The van der Waals surface area contributed by atoms with Crippen molar-refractivity contribution in [3.05, 3.63) is 84.4 Å². The van der Waals surface area contributed by atoms with Crippen LogP contribution in [0.15, 0.2) is 73.3 Å². The summed E-state index contributed by atoms with van der Waals surface area (Å²) < 4.78 is 1.86. The number of amides is 2. The van der Waals surface area contributed by atoms with Gasteiger partial charge in [-0.3, -0.25) is 9.59 Å². The van der Waals surface area contributed by atoms with Gasteiger partial charge in [0.1, 0.15) is 0 Å². The van der Waals surface area contributed by atoms with Gasteiger partial charge >= 0.3 is 0 Å². The minimum atomic E-state index is -1.86. The largest absolute Gasteiger partial charge is 0.380 e. The van der Waals surface area contributed by atoms with E-state index in [0.717, 1.165) is 29.7 Å². The first-order valence-electron chi connectivity index (χ1n) is 11.1. The Morgan fingerprint density at radius 2 is 1.79 bits per heavy atom. The number of rotatable bonds is 7. The van der Waals surface area contributed by atoms with Gasteiger partial charge in [-0.1, -0.05) is 42.5 Å². The lowest BCUT2D eigenvalue weighted by Gasteiger charge is -2.29. The average Bonchev–Trinajstić information content (AvgIpc) is 3.56. The molecule has 2 amide bonds. The Morgan fingerprint density at radius 3 is 2.45 bits per heavy atom. The number of aliphatic hydroxyl groups is 2. The maximum Gasteiger partial charge on any atom is 0.255 e. The highest BCUT2D eigenvalue weighted by molar-refractivity contribution is 5.91. The van der Waals surface area contributed by atoms with E-state index in [1.165, 1.54) is 0 Å². The van der Waals surface area contributed by atoms with Crippen LogP contribution in [-0.4, -0.2) is 55.2 Å². The summed E-state index contributed by atoms with van der Waals surface area (Å²) in [6, 6.07) is 16.5. The van der Waals surface area contributed by atoms with Crippen LogP contribution in [0, 0.1) is 0 Å². The second-order valence-corrected chi connectivity index (χ2v) is 8.28. The van der Waals surface area contributed by atoms with Crippen LogP contribution in [-0.2, 0) is 9.59 Å². The molecule has 172 valence electrons. The van der Waals surface area contributed by atoms with Crippen LogP contribution in [0.3, 0.4) is 0 Å². The minimum absolute atomic E-state index is 0.170. The molecule has 1 aliphatic rings. The highest BCUT2D eigenvalue weighted by atomic mass is 16.3. The lowest BCUT2D eigenvalue weighted by molar-refractivity contribution is -0.154. The molecule has 0 radical (unpaired) electrons. The zero-order valence-corrected chi connectivity index (χ0v) is 18.4. The van der Waals surface area contributed by atoms with Crippen molar-refractivity contribution in [2.45, 2.75) is 44.1 Å². The van der Waals surface area contributed by atoms with E-state index in [-0.39, 0.29) is 6.04 Å². The van der Waals surface area contributed by atoms with Gasteiger partial charge in [-0.15, -0.1) is 0 Å². The number of imidazole rings is 1. The van der Waals surface area contributed by atoms with Gasteiger partial charge in [0.05, 0.1) is 18.4 Å². The predicted octanol–water partition coefficient (Wildman–Crippen LogP) is 2.13. The van der Waals surface area contributed by atoms with Gasteiger partial charge in [-0.25, -0.2) is 4.98 Å². The SMILES string of the molecule is C[C@H](NC(=O)[C@H](O)[C@@H](O)C(=O)N1CCC[C@@H]1c1ccccc1)c1ccc(-n2ccnc2)cc1. The standard InChI is InChI=1S/C25H28N4O4/c1-17(18-9-11-20(12-10-18)28-15-13-26-16-28)27-24(32)22(30)23(31)25(33)29-14-5-8-21(29)19-6-3-2-4-7-19/h2-4,6-7,9-13,15-17,21-23,30-31H,5,8,14H2,1H3,(H,27,32)/t17-,21+,22+,23+/m0/s1. The summed E-state index contributed by atoms with van der Waals surface area (Å²) in [5.74, 6) is -1.43. The fraction of sp³-hybridized carbons (Fsp3) is 0.320. The highest BCUT2D eigenvalue weighted by Crippen LogP contribution is 2.32. The second-order valence-electron chi connectivity index (χ2n) is 8.28. The number of carbonyl (C=O) groups is 2. The van der Waals surface area contributed by atoms with Crippen molar-refractivity contribution in [2.24, 2.45) is 0 Å². The van der Waals surface area contributed by atoms with Crippen molar-refractivity contribution in [3.63, 3.8) is 0 Å². The van der Waals surface area contributed by atoms with E-state index in [4.69, 9.17) is 0 Å². The van der Waals surface area contributed by atoms with Gasteiger partial charge in [-0.05, 0) is 43.0 Å². The van der Waals surface area contributed by atoms with Gasteiger partial charge in [0.2, 0.25) is 0 Å². The molecule has 3 aromatic rings. The molecule has 0 bridgehead atoms. The Kier molecular flexibility index (Phi) is 6.86. The molecular weight excluding hydrogens is 420 g/mol. The summed E-state index contributed by atoms with van der Waals surface area (Å²) in [4.78, 5) is 31.1. The molecule has 0 unspecified atom stereocenters. The van der Waals surface area contributed by atoms with Crippen molar-refractivity contribution in [1.29, 1.82) is 0 Å². The van der Waals surface area contributed by atoms with Gasteiger partial charge in [0, 0.05) is 24.6 Å². The van der Waals surface area contributed by atoms with Crippen LogP contribution in [0.2, 0.25) is 0 Å². The molecule has 8 heteroatoms. The molecule has 0 spiro atoms. The van der Waals surface area contributed by atoms with Gasteiger partial charge in [0.15, 0.2) is 12.2 Å². The van der Waals surface area contributed by atoms with Crippen molar-refractivity contribution >= 4 is 11.8 Å². The van der Waals surface area contributed by atoms with Crippen LogP contribution >= 0.6 is 0 Å². The summed E-state index contributed by atoms with van der Waals surface area (Å²) in [7, 11) is 0. The molecule has 2 heterocycles. The Bertz CT molecular complexity index is 1070. The molecule has 0 aliphatic carbocycles. The first kappa shape index (κ1) is 22.7. The molecule has 8 nitrogen and oxygen atoms in total. The molecule has 4 atom stereocenters. The van der Waals surface area contributed by atoms with E-state index in [0.29, 0.717) is 6.54 Å². The predicted molar refractivity (Wildman–Crippen MR) is 122 cm³/mol. The van der Waals surface area contributed by atoms with E-state index < -0.39 is 30.1 Å². The van der Waals surface area contributed by atoms with Crippen LogP contribution in [0.1, 0.15) is 43.0 Å². The molecule has 33 heavy (non-hydrogen) atoms. The Labute approximate surface area is 192 Å². The van der Waals surface area contributed by atoms with E-state index in [9.17, 15) is 19.8 Å². The lowest BCUT2D eigenvalue weighted by atomic mass is 10.0. The summed E-state index contributed by atoms with van der Waals surface area (Å²) >= 11 is 0. The third-order valence-corrected chi connectivity index (χ3v) is 6.10. The van der Waals surface area contributed by atoms with Crippen molar-refractivity contribution in [2.75, 3.05) is 6.54 Å². The zero-order chi connectivity index (χ0) is 23.4. The zero-order valence-electron chi connectivity index (χ0n) is 18.4. The average molecular weight is 449 g/mol. The Morgan fingerprint density at radius 1 is 1.06 bits per heavy atom. The normalized spacial score (nSPS) is 18.5. The van der Waals surface area contributed by atoms with Crippen molar-refractivity contribution in [3.8, 4) is 5.69 Å². The number of aromatic nitrogens is 2. The van der Waals surface area contributed by atoms with Gasteiger partial charge in [0.25, 0.3) is 11.8 Å². The van der Waals surface area contributed by atoms with E-state index in [1.54, 1.807) is 24.3 Å².